The molecule has 0 fully saturated rings. The highest BCUT2D eigenvalue weighted by atomic mass is 32.1. The predicted octanol–water partition coefficient (Wildman–Crippen LogP) is 1.85. The quantitative estimate of drug-likeness (QED) is 0.326. The summed E-state index contributed by atoms with van der Waals surface area (Å²) in [6.45, 7) is 8.51. The van der Waals surface area contributed by atoms with Gasteiger partial charge in [0.2, 0.25) is 0 Å². The fourth-order valence-electron chi connectivity index (χ4n) is 1.83. The third-order valence-electron chi connectivity index (χ3n) is 2.94. The first-order valence-electron chi connectivity index (χ1n) is 8.19. The zero-order valence-corrected chi connectivity index (χ0v) is 14.9. The van der Waals surface area contributed by atoms with Crippen LogP contribution in [0.25, 0.3) is 0 Å². The van der Waals surface area contributed by atoms with Crippen molar-refractivity contribution in [2.45, 2.75) is 26.7 Å². The molecule has 0 bridgehead atoms. The maximum Gasteiger partial charge on any atom is 0.261 e. The molecular formula is C16H28N4O2S. The van der Waals surface area contributed by atoms with Gasteiger partial charge >= 0.3 is 0 Å². The van der Waals surface area contributed by atoms with Crippen LogP contribution in [0.1, 0.15) is 36.4 Å². The van der Waals surface area contributed by atoms with E-state index in [4.69, 9.17) is 4.74 Å². The highest BCUT2D eigenvalue weighted by Crippen LogP contribution is 2.07. The number of nitrogens with one attached hydrogen (secondary N) is 3. The van der Waals surface area contributed by atoms with Gasteiger partial charge in [-0.3, -0.25) is 9.79 Å². The molecule has 0 atom stereocenters. The van der Waals surface area contributed by atoms with Gasteiger partial charge in [-0.1, -0.05) is 6.07 Å². The molecule has 3 N–H and O–H groups in total. The number of nitrogens with zero attached hydrogens (tertiary/aromatic N) is 1. The minimum atomic E-state index is -0.00932. The van der Waals surface area contributed by atoms with Crippen molar-refractivity contribution in [3.8, 4) is 0 Å². The molecule has 0 saturated carbocycles. The van der Waals surface area contributed by atoms with Crippen LogP contribution in [0.4, 0.5) is 0 Å². The Balaban J connectivity index is 2.16. The van der Waals surface area contributed by atoms with Crippen molar-refractivity contribution in [3.63, 3.8) is 0 Å². The van der Waals surface area contributed by atoms with E-state index in [0.717, 1.165) is 50.0 Å². The van der Waals surface area contributed by atoms with Crippen molar-refractivity contribution >= 4 is 23.2 Å². The van der Waals surface area contributed by atoms with Crippen LogP contribution in [0.2, 0.25) is 0 Å². The lowest BCUT2D eigenvalue weighted by Crippen LogP contribution is -2.38. The van der Waals surface area contributed by atoms with E-state index in [1.165, 1.54) is 11.3 Å². The monoisotopic (exact) mass is 340 g/mol. The molecule has 0 radical (unpaired) electrons. The second kappa shape index (κ2) is 12.9. The maximum atomic E-state index is 11.8. The van der Waals surface area contributed by atoms with Crippen LogP contribution in [-0.2, 0) is 4.74 Å². The van der Waals surface area contributed by atoms with Crippen molar-refractivity contribution in [2.24, 2.45) is 4.99 Å². The first-order chi connectivity index (χ1) is 11.3. The summed E-state index contributed by atoms with van der Waals surface area (Å²) in [5.41, 5.74) is 0. The van der Waals surface area contributed by atoms with E-state index in [2.05, 4.69) is 20.9 Å². The van der Waals surface area contributed by atoms with Crippen LogP contribution in [0, 0.1) is 0 Å². The Labute approximate surface area is 142 Å². The normalized spacial score (nSPS) is 11.3. The number of guanidine groups is 1. The van der Waals surface area contributed by atoms with Crippen molar-refractivity contribution in [1.82, 2.24) is 16.0 Å². The van der Waals surface area contributed by atoms with E-state index in [9.17, 15) is 4.79 Å². The molecule has 6 nitrogen and oxygen atoms in total. The SMILES string of the molecule is CCNC(=NCCCNC(=O)c1cccs1)NCCCOCC. The number of carbonyl (C=O) groups is 1. The number of amides is 1. The average molecular weight is 340 g/mol. The zero-order chi connectivity index (χ0) is 16.8. The topological polar surface area (TPSA) is 74.8 Å². The number of thiophene rings is 1. The molecule has 130 valence electrons. The van der Waals surface area contributed by atoms with E-state index >= 15 is 0 Å². The van der Waals surface area contributed by atoms with Gasteiger partial charge in [0.15, 0.2) is 5.96 Å². The molecule has 1 aromatic rings. The van der Waals surface area contributed by atoms with Crippen LogP contribution in [0.15, 0.2) is 22.5 Å². The Bertz CT molecular complexity index is 449. The van der Waals surface area contributed by atoms with E-state index in [1.54, 1.807) is 0 Å². The summed E-state index contributed by atoms with van der Waals surface area (Å²) in [4.78, 5) is 17.0. The molecule has 0 spiro atoms. The van der Waals surface area contributed by atoms with Crippen molar-refractivity contribution in [2.75, 3.05) is 39.4 Å². The Morgan fingerprint density at radius 1 is 1.22 bits per heavy atom. The van der Waals surface area contributed by atoms with Crippen LogP contribution in [0.5, 0.6) is 0 Å². The van der Waals surface area contributed by atoms with Gasteiger partial charge in [-0.15, -0.1) is 11.3 Å². The van der Waals surface area contributed by atoms with Gasteiger partial charge in [-0.25, -0.2) is 0 Å². The lowest BCUT2D eigenvalue weighted by atomic mass is 10.4. The van der Waals surface area contributed by atoms with E-state index in [-0.39, 0.29) is 5.91 Å². The summed E-state index contributed by atoms with van der Waals surface area (Å²) >= 11 is 1.45. The molecule has 0 aliphatic carbocycles. The fourth-order valence-corrected chi connectivity index (χ4v) is 2.47. The third-order valence-corrected chi connectivity index (χ3v) is 3.81. The highest BCUT2D eigenvalue weighted by Gasteiger charge is 2.04. The molecule has 1 rings (SSSR count). The van der Waals surface area contributed by atoms with Crippen molar-refractivity contribution in [1.29, 1.82) is 0 Å². The molecule has 0 aliphatic heterocycles. The summed E-state index contributed by atoms with van der Waals surface area (Å²) in [6, 6.07) is 3.71. The fraction of sp³-hybridized carbons (Fsp3) is 0.625. The number of hydrogen-bond acceptors (Lipinski definition) is 4. The van der Waals surface area contributed by atoms with Gasteiger partial charge < -0.3 is 20.7 Å². The second-order valence-corrected chi connectivity index (χ2v) is 5.77. The number of ether oxygens (including phenoxy) is 1. The standard InChI is InChI=1S/C16H28N4O2S/c1-3-17-16(20-11-7-12-22-4-2)19-10-6-9-18-15(21)14-8-5-13-23-14/h5,8,13H,3-4,6-7,9-12H2,1-2H3,(H,18,21)(H2,17,19,20). The predicted molar refractivity (Wildman–Crippen MR) is 96.4 cm³/mol. The molecule has 0 saturated heterocycles. The third kappa shape index (κ3) is 9.20. The number of carbonyl (C=O) groups excluding carboxylic acids is 1. The van der Waals surface area contributed by atoms with Crippen LogP contribution >= 0.6 is 11.3 Å². The molecular weight excluding hydrogens is 312 g/mol. The van der Waals surface area contributed by atoms with E-state index in [1.807, 2.05) is 31.4 Å². The lowest BCUT2D eigenvalue weighted by Gasteiger charge is -2.11. The molecule has 23 heavy (non-hydrogen) atoms. The lowest BCUT2D eigenvalue weighted by molar-refractivity contribution is 0.0957. The van der Waals surface area contributed by atoms with Gasteiger partial charge in [-0.2, -0.15) is 0 Å². The minimum absolute atomic E-state index is 0.00932. The zero-order valence-electron chi connectivity index (χ0n) is 14.1. The average Bonchev–Trinajstić information content (AvgIpc) is 3.08. The smallest absolute Gasteiger partial charge is 0.261 e. The molecule has 1 amide bonds. The molecule has 0 aromatic carbocycles. The summed E-state index contributed by atoms with van der Waals surface area (Å²) in [7, 11) is 0. The van der Waals surface area contributed by atoms with Crippen LogP contribution in [-0.4, -0.2) is 51.3 Å². The molecule has 0 aliphatic rings. The Kier molecular flexibility index (Phi) is 10.9. The van der Waals surface area contributed by atoms with Crippen LogP contribution in [0.3, 0.4) is 0 Å². The van der Waals surface area contributed by atoms with Gasteiger partial charge in [-0.05, 0) is 38.1 Å². The minimum Gasteiger partial charge on any atom is -0.382 e. The van der Waals surface area contributed by atoms with Gasteiger partial charge in [0.25, 0.3) is 5.91 Å². The summed E-state index contributed by atoms with van der Waals surface area (Å²) < 4.78 is 5.30. The summed E-state index contributed by atoms with van der Waals surface area (Å²) in [6.07, 6.45) is 1.77. The van der Waals surface area contributed by atoms with Gasteiger partial charge in [0, 0.05) is 39.4 Å². The molecule has 1 heterocycles. The first kappa shape index (κ1) is 19.4. The van der Waals surface area contributed by atoms with Crippen molar-refractivity contribution in [3.05, 3.63) is 22.4 Å². The first-order valence-corrected chi connectivity index (χ1v) is 9.07. The Hall–Kier alpha value is -1.60. The highest BCUT2D eigenvalue weighted by molar-refractivity contribution is 7.12. The molecule has 7 heteroatoms. The van der Waals surface area contributed by atoms with Gasteiger partial charge in [0.1, 0.15) is 0 Å². The Morgan fingerprint density at radius 2 is 2.04 bits per heavy atom. The number of rotatable bonds is 11. The van der Waals surface area contributed by atoms with Crippen LogP contribution < -0.4 is 16.0 Å². The summed E-state index contributed by atoms with van der Waals surface area (Å²) in [5.74, 6) is 0.804. The van der Waals surface area contributed by atoms with E-state index in [0.29, 0.717) is 13.1 Å². The summed E-state index contributed by atoms with van der Waals surface area (Å²) in [5, 5.41) is 11.3. The van der Waals surface area contributed by atoms with E-state index < -0.39 is 0 Å². The maximum absolute atomic E-state index is 11.8. The molecule has 1 aromatic heterocycles. The Morgan fingerprint density at radius 3 is 2.74 bits per heavy atom. The second-order valence-electron chi connectivity index (χ2n) is 4.82. The van der Waals surface area contributed by atoms with Crippen molar-refractivity contribution < 1.29 is 9.53 Å². The largest absolute Gasteiger partial charge is 0.382 e. The molecule has 0 unspecified atom stereocenters. The number of hydrogen-bond donors (Lipinski definition) is 3. The van der Waals surface area contributed by atoms with Gasteiger partial charge in [0.05, 0.1) is 4.88 Å². The number of aliphatic imine (C=N–C) groups is 1.